The molecule has 2 fully saturated rings. The lowest BCUT2D eigenvalue weighted by atomic mass is 9.98. The number of anilines is 1. The van der Waals surface area contributed by atoms with Gasteiger partial charge < -0.3 is 19.4 Å². The molecule has 2 aromatic carbocycles. The van der Waals surface area contributed by atoms with Gasteiger partial charge >= 0.3 is 6.18 Å². The van der Waals surface area contributed by atoms with Gasteiger partial charge in [-0.05, 0) is 80.1 Å². The summed E-state index contributed by atoms with van der Waals surface area (Å²) in [5.41, 5.74) is 1.68. The normalized spacial score (nSPS) is 17.6. The molecule has 0 radical (unpaired) electrons. The van der Waals surface area contributed by atoms with E-state index >= 15 is 0 Å². The summed E-state index contributed by atoms with van der Waals surface area (Å²) in [5.74, 6) is 0.438. The molecule has 1 saturated carbocycles. The molecule has 1 heterocycles. The van der Waals surface area contributed by atoms with Gasteiger partial charge in [0.15, 0.2) is 6.61 Å². The van der Waals surface area contributed by atoms with Crippen LogP contribution in [0.15, 0.2) is 53.7 Å². The fourth-order valence-corrected chi connectivity index (χ4v) is 4.70. The van der Waals surface area contributed by atoms with Crippen molar-refractivity contribution in [2.24, 2.45) is 5.16 Å². The molecular formula is C28H34F3N3O3. The number of amides is 1. The third-order valence-electron chi connectivity index (χ3n) is 6.92. The Balaban J connectivity index is 1.24. The predicted molar refractivity (Wildman–Crippen MR) is 137 cm³/mol. The number of nitrogens with zero attached hydrogens (tertiary/aromatic N) is 3. The summed E-state index contributed by atoms with van der Waals surface area (Å²) in [6.07, 6.45) is 2.34. The van der Waals surface area contributed by atoms with Crippen LogP contribution in [0.5, 0.6) is 5.75 Å². The van der Waals surface area contributed by atoms with Gasteiger partial charge in [0.25, 0.3) is 5.91 Å². The number of carbonyl (C=O) groups excluding carboxylic acids is 1. The van der Waals surface area contributed by atoms with E-state index in [1.54, 1.807) is 11.0 Å². The van der Waals surface area contributed by atoms with Crippen molar-refractivity contribution >= 4 is 17.3 Å². The fraction of sp³-hybridized carbons (Fsp3) is 0.500. The maximum atomic E-state index is 13.0. The molecule has 200 valence electrons. The number of benzene rings is 2. The Morgan fingerprint density at radius 2 is 1.70 bits per heavy atom. The lowest BCUT2D eigenvalue weighted by molar-refractivity contribution is -0.137. The number of halogens is 3. The molecule has 4 rings (SSSR count). The summed E-state index contributed by atoms with van der Waals surface area (Å²) in [7, 11) is 0. The molecule has 1 aliphatic heterocycles. The van der Waals surface area contributed by atoms with Crippen LogP contribution in [0.4, 0.5) is 18.9 Å². The number of ether oxygens (including phenoxy) is 1. The van der Waals surface area contributed by atoms with Crippen LogP contribution in [0.25, 0.3) is 0 Å². The van der Waals surface area contributed by atoms with Crippen LogP contribution in [0.2, 0.25) is 0 Å². The summed E-state index contributed by atoms with van der Waals surface area (Å²) in [6.45, 7) is 3.72. The van der Waals surface area contributed by atoms with Gasteiger partial charge in [-0.25, -0.2) is 0 Å². The first kappa shape index (κ1) is 26.8. The van der Waals surface area contributed by atoms with Gasteiger partial charge in [0.2, 0.25) is 0 Å². The van der Waals surface area contributed by atoms with E-state index < -0.39 is 11.7 Å². The van der Waals surface area contributed by atoms with Crippen molar-refractivity contribution in [1.82, 2.24) is 4.90 Å². The van der Waals surface area contributed by atoms with Gasteiger partial charge in [-0.15, -0.1) is 0 Å². The zero-order valence-electron chi connectivity index (χ0n) is 21.2. The third kappa shape index (κ3) is 7.40. The molecule has 37 heavy (non-hydrogen) atoms. The highest BCUT2D eigenvalue weighted by atomic mass is 19.4. The Kier molecular flexibility index (Phi) is 8.95. The first-order valence-electron chi connectivity index (χ1n) is 13.0. The number of carbonyl (C=O) groups is 1. The lowest BCUT2D eigenvalue weighted by Gasteiger charge is -2.36. The predicted octanol–water partition coefficient (Wildman–Crippen LogP) is 5.90. The van der Waals surface area contributed by atoms with Crippen LogP contribution in [0.3, 0.4) is 0 Å². The average Bonchev–Trinajstić information content (AvgIpc) is 2.93. The molecule has 6 nitrogen and oxygen atoms in total. The summed E-state index contributed by atoms with van der Waals surface area (Å²) >= 11 is 0. The Labute approximate surface area is 216 Å². The Morgan fingerprint density at radius 3 is 2.35 bits per heavy atom. The van der Waals surface area contributed by atoms with Crippen LogP contribution >= 0.6 is 0 Å². The van der Waals surface area contributed by atoms with Gasteiger partial charge in [-0.2, -0.15) is 13.2 Å². The van der Waals surface area contributed by atoms with E-state index in [-0.39, 0.29) is 18.6 Å². The molecule has 1 aliphatic carbocycles. The van der Waals surface area contributed by atoms with Crippen LogP contribution in [-0.4, -0.2) is 55.4 Å². The molecule has 0 N–H and O–H groups in total. The zero-order valence-corrected chi connectivity index (χ0v) is 21.2. The summed E-state index contributed by atoms with van der Waals surface area (Å²) in [5, 5.41) is 4.40. The summed E-state index contributed by atoms with van der Waals surface area (Å²) in [6, 6.07) is 12.8. The van der Waals surface area contributed by atoms with Crippen molar-refractivity contribution in [3.63, 3.8) is 0 Å². The van der Waals surface area contributed by atoms with E-state index in [0.717, 1.165) is 42.7 Å². The van der Waals surface area contributed by atoms with E-state index in [4.69, 9.17) is 9.57 Å². The van der Waals surface area contributed by atoms with Crippen LogP contribution in [0, 0.1) is 0 Å². The van der Waals surface area contributed by atoms with Crippen LogP contribution in [-0.2, 0) is 15.8 Å². The minimum absolute atomic E-state index is 0.0948. The average molecular weight is 518 g/mol. The van der Waals surface area contributed by atoms with E-state index in [9.17, 15) is 18.0 Å². The van der Waals surface area contributed by atoms with Gasteiger partial charge in [0.05, 0.1) is 11.3 Å². The quantitative estimate of drug-likeness (QED) is 0.323. The molecule has 0 aromatic heterocycles. The van der Waals surface area contributed by atoms with E-state index in [0.29, 0.717) is 37.6 Å². The van der Waals surface area contributed by atoms with Crippen molar-refractivity contribution in [2.75, 3.05) is 37.7 Å². The van der Waals surface area contributed by atoms with Crippen LogP contribution < -0.4 is 9.64 Å². The molecule has 1 saturated heterocycles. The van der Waals surface area contributed by atoms with Gasteiger partial charge in [0, 0.05) is 31.9 Å². The zero-order chi connectivity index (χ0) is 26.3. The molecule has 0 bridgehead atoms. The van der Waals surface area contributed by atoms with Gasteiger partial charge in [-0.3, -0.25) is 4.79 Å². The SMILES string of the molecule is CCC(=NOC1CCCCC1)c1ccc(OCC(=O)N2CCN(c3cccc(C(F)(F)F)c3)CC2)cc1. The minimum atomic E-state index is -4.38. The number of hydrogen-bond acceptors (Lipinski definition) is 5. The number of rotatable bonds is 8. The van der Waals surface area contributed by atoms with E-state index in [2.05, 4.69) is 5.16 Å². The van der Waals surface area contributed by atoms with Crippen molar-refractivity contribution in [3.05, 3.63) is 59.7 Å². The van der Waals surface area contributed by atoms with Crippen LogP contribution in [0.1, 0.15) is 56.6 Å². The summed E-state index contributed by atoms with van der Waals surface area (Å²) in [4.78, 5) is 22.0. The molecule has 0 atom stereocenters. The second-order valence-electron chi connectivity index (χ2n) is 9.49. The molecule has 0 spiro atoms. The Bertz CT molecular complexity index is 1060. The molecule has 1 amide bonds. The molecule has 9 heteroatoms. The third-order valence-corrected chi connectivity index (χ3v) is 6.92. The Hall–Kier alpha value is -3.23. The van der Waals surface area contributed by atoms with Crippen molar-refractivity contribution in [3.8, 4) is 5.75 Å². The second kappa shape index (κ2) is 12.3. The highest BCUT2D eigenvalue weighted by Crippen LogP contribution is 2.32. The summed E-state index contributed by atoms with van der Waals surface area (Å²) < 4.78 is 44.8. The van der Waals surface area contributed by atoms with Crippen molar-refractivity contribution < 1.29 is 27.5 Å². The molecule has 0 unspecified atom stereocenters. The van der Waals surface area contributed by atoms with Gasteiger partial charge in [0.1, 0.15) is 11.9 Å². The number of oxime groups is 1. The smallest absolute Gasteiger partial charge is 0.416 e. The number of hydrogen-bond donors (Lipinski definition) is 0. The highest BCUT2D eigenvalue weighted by molar-refractivity contribution is 6.00. The van der Waals surface area contributed by atoms with Crippen molar-refractivity contribution in [1.29, 1.82) is 0 Å². The second-order valence-corrected chi connectivity index (χ2v) is 9.49. The topological polar surface area (TPSA) is 54.4 Å². The van der Waals surface area contributed by atoms with Crippen molar-refractivity contribution in [2.45, 2.75) is 57.7 Å². The number of alkyl halides is 3. The molecule has 2 aliphatic rings. The Morgan fingerprint density at radius 1 is 1.00 bits per heavy atom. The standard InChI is InChI=1S/C28H34F3N3O3/c1-2-26(32-37-25-9-4-3-5-10-25)21-11-13-24(14-12-21)36-20-27(35)34-17-15-33(16-18-34)23-8-6-7-22(19-23)28(29,30)31/h6-8,11-14,19,25H,2-5,9-10,15-18,20H2,1H3. The maximum Gasteiger partial charge on any atom is 0.416 e. The minimum Gasteiger partial charge on any atom is -0.484 e. The monoisotopic (exact) mass is 517 g/mol. The first-order valence-corrected chi connectivity index (χ1v) is 13.0. The molecular weight excluding hydrogens is 483 g/mol. The van der Waals surface area contributed by atoms with E-state index in [1.165, 1.54) is 25.3 Å². The van der Waals surface area contributed by atoms with Gasteiger partial charge in [-0.1, -0.05) is 24.6 Å². The fourth-order valence-electron chi connectivity index (χ4n) is 4.70. The molecule has 2 aromatic rings. The van der Waals surface area contributed by atoms with E-state index in [1.807, 2.05) is 36.1 Å². The first-order chi connectivity index (χ1) is 17.8. The highest BCUT2D eigenvalue weighted by Gasteiger charge is 2.31. The lowest BCUT2D eigenvalue weighted by Crippen LogP contribution is -2.50. The largest absolute Gasteiger partial charge is 0.484 e. The maximum absolute atomic E-state index is 13.0. The number of piperazine rings is 1.